The van der Waals surface area contributed by atoms with Gasteiger partial charge in [-0.15, -0.1) is 0 Å². The summed E-state index contributed by atoms with van der Waals surface area (Å²) in [7, 11) is 0. The molecule has 0 amide bonds. The molecule has 0 aliphatic heterocycles. The quantitative estimate of drug-likeness (QED) is 0.408. The van der Waals surface area contributed by atoms with Crippen molar-refractivity contribution in [3.05, 3.63) is 60.0 Å². The Labute approximate surface area is 170 Å². The van der Waals surface area contributed by atoms with Crippen LogP contribution in [0, 0.1) is 0 Å². The maximum Gasteiger partial charge on any atom is 0.335 e. The first-order chi connectivity index (χ1) is 14.2. The summed E-state index contributed by atoms with van der Waals surface area (Å²) in [6.07, 6.45) is 6.21. The topological polar surface area (TPSA) is 84.6 Å². The number of carboxylic acids is 1. The lowest BCUT2D eigenvalue weighted by Gasteiger charge is -2.07. The highest BCUT2D eigenvalue weighted by atomic mass is 16.5. The number of rotatable bonds is 13. The number of carbonyl (C=O) groups is 1. The van der Waals surface area contributed by atoms with E-state index in [4.69, 9.17) is 14.3 Å². The first-order valence-electron chi connectivity index (χ1n) is 10.2. The molecule has 0 unspecified atom stereocenters. The lowest BCUT2D eigenvalue weighted by Crippen LogP contribution is -2.17. The summed E-state index contributed by atoms with van der Waals surface area (Å²) in [6.45, 7) is 2.56. The Balaban J connectivity index is 1.17. The van der Waals surface area contributed by atoms with Crippen LogP contribution in [0.15, 0.2) is 52.9 Å². The first-order valence-corrected chi connectivity index (χ1v) is 10.2. The van der Waals surface area contributed by atoms with Crippen LogP contribution in [0.3, 0.4) is 0 Å². The predicted octanol–water partition coefficient (Wildman–Crippen LogP) is 4.69. The van der Waals surface area contributed by atoms with Crippen LogP contribution in [-0.2, 0) is 6.42 Å². The molecule has 1 heterocycles. The van der Waals surface area contributed by atoms with E-state index < -0.39 is 5.97 Å². The zero-order valence-electron chi connectivity index (χ0n) is 16.6. The zero-order chi connectivity index (χ0) is 20.3. The minimum atomic E-state index is -0.937. The zero-order valence-corrected chi connectivity index (χ0v) is 16.6. The van der Waals surface area contributed by atoms with Gasteiger partial charge in [-0.1, -0.05) is 24.6 Å². The Hall–Kier alpha value is -2.86. The van der Waals surface area contributed by atoms with Crippen LogP contribution in [0.2, 0.25) is 0 Å². The molecule has 2 aromatic carbocycles. The summed E-state index contributed by atoms with van der Waals surface area (Å²) in [4.78, 5) is 15.4. The number of aromatic nitrogens is 1. The summed E-state index contributed by atoms with van der Waals surface area (Å²) in [6, 6.07) is 14.5. The average molecular weight is 396 g/mol. The van der Waals surface area contributed by atoms with E-state index in [1.54, 1.807) is 24.3 Å². The first kappa shape index (κ1) is 20.9. The second-order valence-electron chi connectivity index (χ2n) is 7.02. The highest BCUT2D eigenvalue weighted by Crippen LogP contribution is 2.16. The van der Waals surface area contributed by atoms with E-state index in [0.29, 0.717) is 12.4 Å². The lowest BCUT2D eigenvalue weighted by molar-refractivity contribution is 0.0696. The van der Waals surface area contributed by atoms with E-state index in [-0.39, 0.29) is 5.56 Å². The Kier molecular flexibility index (Phi) is 8.07. The molecule has 0 bridgehead atoms. The van der Waals surface area contributed by atoms with E-state index in [1.807, 2.05) is 24.3 Å². The molecule has 0 atom stereocenters. The molecule has 3 aromatic rings. The molecule has 0 fully saturated rings. The van der Waals surface area contributed by atoms with E-state index in [9.17, 15) is 4.79 Å². The van der Waals surface area contributed by atoms with Gasteiger partial charge in [-0.3, -0.25) is 0 Å². The van der Waals surface area contributed by atoms with Gasteiger partial charge in [0.15, 0.2) is 11.5 Å². The number of ether oxygens (including phenoxy) is 1. The van der Waals surface area contributed by atoms with Gasteiger partial charge in [0.25, 0.3) is 0 Å². The van der Waals surface area contributed by atoms with Crippen molar-refractivity contribution >= 4 is 17.1 Å². The van der Waals surface area contributed by atoms with Crippen LogP contribution in [0.5, 0.6) is 5.75 Å². The van der Waals surface area contributed by atoms with Gasteiger partial charge in [0.2, 0.25) is 0 Å². The number of hydrogen-bond acceptors (Lipinski definition) is 5. The molecule has 0 radical (unpaired) electrons. The Morgan fingerprint density at radius 2 is 1.83 bits per heavy atom. The number of fused-ring (bicyclic) bond motifs is 1. The molecular weight excluding hydrogens is 368 g/mol. The molecule has 2 N–H and O–H groups in total. The number of nitrogens with zero attached hydrogens (tertiary/aromatic N) is 1. The summed E-state index contributed by atoms with van der Waals surface area (Å²) in [5.74, 6) is 0.498. The lowest BCUT2D eigenvalue weighted by atomic mass is 10.2. The van der Waals surface area contributed by atoms with Crippen molar-refractivity contribution in [2.75, 3.05) is 19.7 Å². The van der Waals surface area contributed by atoms with Crippen LogP contribution in [0.1, 0.15) is 48.4 Å². The largest absolute Gasteiger partial charge is 0.494 e. The number of carboxylic acid groups (broad SMARTS) is 1. The van der Waals surface area contributed by atoms with Crippen molar-refractivity contribution in [3.8, 4) is 5.75 Å². The van der Waals surface area contributed by atoms with Crippen molar-refractivity contribution in [2.45, 2.75) is 38.5 Å². The third-order valence-corrected chi connectivity index (χ3v) is 4.68. The smallest absolute Gasteiger partial charge is 0.335 e. The second-order valence-corrected chi connectivity index (χ2v) is 7.02. The third-order valence-electron chi connectivity index (χ3n) is 4.68. The normalized spacial score (nSPS) is 11.0. The molecule has 3 rings (SSSR count). The van der Waals surface area contributed by atoms with Gasteiger partial charge in [0, 0.05) is 6.42 Å². The monoisotopic (exact) mass is 396 g/mol. The molecule has 29 heavy (non-hydrogen) atoms. The number of hydrogen-bond donors (Lipinski definition) is 2. The maximum atomic E-state index is 10.9. The van der Waals surface area contributed by atoms with Crippen molar-refractivity contribution in [1.29, 1.82) is 0 Å². The number of unbranched alkanes of at least 4 members (excludes halogenated alkanes) is 3. The fraction of sp³-hybridized carbons (Fsp3) is 0.391. The molecule has 0 aliphatic carbocycles. The molecule has 154 valence electrons. The molecule has 0 spiro atoms. The number of oxazole rings is 1. The average Bonchev–Trinajstić information content (AvgIpc) is 3.15. The number of aryl methyl sites for hydroxylation is 1. The molecule has 0 saturated carbocycles. The van der Waals surface area contributed by atoms with Gasteiger partial charge in [0.05, 0.1) is 12.2 Å². The predicted molar refractivity (Wildman–Crippen MR) is 113 cm³/mol. The number of benzene rings is 2. The van der Waals surface area contributed by atoms with Crippen LogP contribution in [0.4, 0.5) is 0 Å². The summed E-state index contributed by atoms with van der Waals surface area (Å²) in [5.41, 5.74) is 2.05. The van der Waals surface area contributed by atoms with E-state index in [2.05, 4.69) is 10.3 Å². The summed E-state index contributed by atoms with van der Waals surface area (Å²) in [5, 5.41) is 12.4. The van der Waals surface area contributed by atoms with Gasteiger partial charge in [-0.2, -0.15) is 0 Å². The van der Waals surface area contributed by atoms with Gasteiger partial charge in [-0.05, 0) is 69.1 Å². The second kappa shape index (κ2) is 11.2. The third kappa shape index (κ3) is 6.91. The highest BCUT2D eigenvalue weighted by Gasteiger charge is 2.05. The van der Waals surface area contributed by atoms with Gasteiger partial charge >= 0.3 is 5.97 Å². The molecule has 6 heteroatoms. The minimum Gasteiger partial charge on any atom is -0.494 e. The summed E-state index contributed by atoms with van der Waals surface area (Å²) >= 11 is 0. The number of aromatic carboxylic acids is 1. The highest BCUT2D eigenvalue weighted by molar-refractivity contribution is 5.88. The Bertz CT molecular complexity index is 874. The summed E-state index contributed by atoms with van der Waals surface area (Å²) < 4.78 is 11.3. The van der Waals surface area contributed by atoms with Crippen LogP contribution in [0.25, 0.3) is 11.1 Å². The van der Waals surface area contributed by atoms with Crippen molar-refractivity contribution in [2.24, 2.45) is 0 Å². The molecule has 6 nitrogen and oxygen atoms in total. The van der Waals surface area contributed by atoms with Gasteiger partial charge in [0.1, 0.15) is 11.3 Å². The van der Waals surface area contributed by atoms with Crippen LogP contribution in [-0.4, -0.2) is 35.8 Å². The fourth-order valence-electron chi connectivity index (χ4n) is 3.12. The maximum absolute atomic E-state index is 10.9. The van der Waals surface area contributed by atoms with Gasteiger partial charge in [-0.25, -0.2) is 9.78 Å². The molecule has 1 aromatic heterocycles. The van der Waals surface area contributed by atoms with Crippen molar-refractivity contribution < 1.29 is 19.1 Å². The Morgan fingerprint density at radius 3 is 2.66 bits per heavy atom. The standard InChI is InChI=1S/C23H28N2O4/c26-23(27)18-9-8-10-19(17-18)28-16-7-6-15-24-14-5-1-2-13-22-25-20-11-3-4-12-21(20)29-22/h3-4,8-12,17,24H,1-2,5-7,13-16H2,(H,26,27). The van der Waals surface area contributed by atoms with E-state index in [1.165, 1.54) is 0 Å². The van der Waals surface area contributed by atoms with E-state index in [0.717, 1.165) is 68.6 Å². The number of para-hydroxylation sites is 2. The Morgan fingerprint density at radius 1 is 1.00 bits per heavy atom. The molecule has 0 saturated heterocycles. The van der Waals surface area contributed by atoms with Gasteiger partial charge < -0.3 is 19.6 Å². The minimum absolute atomic E-state index is 0.250. The van der Waals surface area contributed by atoms with Crippen LogP contribution < -0.4 is 10.1 Å². The van der Waals surface area contributed by atoms with Crippen molar-refractivity contribution in [3.63, 3.8) is 0 Å². The molecular formula is C23H28N2O4. The van der Waals surface area contributed by atoms with E-state index >= 15 is 0 Å². The number of nitrogens with one attached hydrogen (secondary N) is 1. The van der Waals surface area contributed by atoms with Crippen molar-refractivity contribution in [1.82, 2.24) is 10.3 Å². The SMILES string of the molecule is O=C(O)c1cccc(OCCCCNCCCCCc2nc3ccccc3o2)c1. The fourth-order valence-corrected chi connectivity index (χ4v) is 3.12. The van der Waals surface area contributed by atoms with Crippen LogP contribution >= 0.6 is 0 Å². The molecule has 0 aliphatic rings.